The van der Waals surface area contributed by atoms with Gasteiger partial charge in [0, 0.05) is 23.7 Å². The molecule has 0 radical (unpaired) electrons. The van der Waals surface area contributed by atoms with Crippen LogP contribution in [0.4, 0.5) is 0 Å². The molecule has 4 aliphatic rings. The minimum absolute atomic E-state index is 0.152. The van der Waals surface area contributed by atoms with E-state index < -0.39 is 0 Å². The van der Waals surface area contributed by atoms with Gasteiger partial charge in [0.05, 0.1) is 5.69 Å². The molecule has 1 aromatic carbocycles. The zero-order valence-corrected chi connectivity index (χ0v) is 20.3. The SMILES string of the molecule is CCc1nc2cc(Cl)ccn2c1C(=O)CCc1ccc(CC23CC4CC(CC(C4)C2)C3)cc1. The summed E-state index contributed by atoms with van der Waals surface area (Å²) in [5.74, 6) is 3.17. The number of hydrogen-bond donors (Lipinski definition) is 0. The molecule has 3 nitrogen and oxygen atoms in total. The Morgan fingerprint density at radius 2 is 1.67 bits per heavy atom. The summed E-state index contributed by atoms with van der Waals surface area (Å²) in [6.45, 7) is 2.04. The lowest BCUT2D eigenvalue weighted by molar-refractivity contribution is -0.0521. The Morgan fingerprint density at radius 3 is 2.30 bits per heavy atom. The molecule has 0 saturated heterocycles. The molecule has 4 heteroatoms. The van der Waals surface area contributed by atoms with Gasteiger partial charge in [0.25, 0.3) is 0 Å². The third kappa shape index (κ3) is 4.03. The Kier molecular flexibility index (Phi) is 5.36. The molecule has 2 aromatic heterocycles. The van der Waals surface area contributed by atoms with Gasteiger partial charge in [-0.05, 0) is 98.1 Å². The molecule has 0 unspecified atom stereocenters. The first kappa shape index (κ1) is 21.4. The van der Waals surface area contributed by atoms with Crippen LogP contribution in [0.25, 0.3) is 5.65 Å². The molecule has 2 heterocycles. The van der Waals surface area contributed by atoms with E-state index in [1.165, 1.54) is 56.1 Å². The number of benzene rings is 1. The van der Waals surface area contributed by atoms with Gasteiger partial charge in [-0.1, -0.05) is 42.8 Å². The number of aryl methyl sites for hydroxylation is 2. The topological polar surface area (TPSA) is 34.4 Å². The van der Waals surface area contributed by atoms with Gasteiger partial charge in [0.2, 0.25) is 0 Å². The second-order valence-corrected chi connectivity index (χ2v) is 11.6. The number of aromatic nitrogens is 2. The van der Waals surface area contributed by atoms with Crippen molar-refractivity contribution in [2.45, 2.75) is 71.1 Å². The van der Waals surface area contributed by atoms with Crippen LogP contribution in [0.15, 0.2) is 42.6 Å². The fraction of sp³-hybridized carbons (Fsp3) is 0.517. The van der Waals surface area contributed by atoms with Gasteiger partial charge in [0.15, 0.2) is 5.78 Å². The molecule has 0 atom stereocenters. The Bertz CT molecular complexity index is 1160. The van der Waals surface area contributed by atoms with Crippen molar-refractivity contribution in [1.82, 2.24) is 9.38 Å². The van der Waals surface area contributed by atoms with Crippen molar-refractivity contribution in [2.24, 2.45) is 23.2 Å². The van der Waals surface area contributed by atoms with Crippen molar-refractivity contribution < 1.29 is 4.79 Å². The Balaban J connectivity index is 1.13. The van der Waals surface area contributed by atoms with Gasteiger partial charge in [-0.2, -0.15) is 0 Å². The third-order valence-electron chi connectivity index (χ3n) is 8.67. The molecule has 4 saturated carbocycles. The van der Waals surface area contributed by atoms with E-state index >= 15 is 0 Å². The maximum Gasteiger partial charge on any atom is 0.181 e. The molecule has 4 fully saturated rings. The molecule has 0 amide bonds. The van der Waals surface area contributed by atoms with Gasteiger partial charge in [-0.15, -0.1) is 0 Å². The summed E-state index contributed by atoms with van der Waals surface area (Å²) < 4.78 is 1.89. The predicted molar refractivity (Wildman–Crippen MR) is 133 cm³/mol. The van der Waals surface area contributed by atoms with Crippen LogP contribution in [0.1, 0.15) is 79.2 Å². The van der Waals surface area contributed by atoms with Crippen molar-refractivity contribution in [2.75, 3.05) is 0 Å². The quantitative estimate of drug-likeness (QED) is 0.351. The van der Waals surface area contributed by atoms with Crippen LogP contribution in [0, 0.1) is 23.2 Å². The minimum atomic E-state index is 0.152. The largest absolute Gasteiger partial charge is 0.297 e. The van der Waals surface area contributed by atoms with Gasteiger partial charge in [0.1, 0.15) is 11.3 Å². The van der Waals surface area contributed by atoms with E-state index in [1.807, 2.05) is 29.7 Å². The number of imidazole rings is 1. The van der Waals surface area contributed by atoms with Crippen LogP contribution in [0.3, 0.4) is 0 Å². The maximum absolute atomic E-state index is 13.1. The van der Waals surface area contributed by atoms with Crippen LogP contribution in [0.2, 0.25) is 5.02 Å². The van der Waals surface area contributed by atoms with Crippen LogP contribution in [0.5, 0.6) is 0 Å². The summed E-state index contributed by atoms with van der Waals surface area (Å²) in [5.41, 5.74) is 5.62. The molecule has 3 aromatic rings. The van der Waals surface area contributed by atoms with E-state index in [-0.39, 0.29) is 5.78 Å². The van der Waals surface area contributed by atoms with Crippen LogP contribution in [-0.2, 0) is 19.3 Å². The fourth-order valence-electron chi connectivity index (χ4n) is 7.75. The highest BCUT2D eigenvalue weighted by molar-refractivity contribution is 6.30. The lowest BCUT2D eigenvalue weighted by Crippen LogP contribution is -2.47. The van der Waals surface area contributed by atoms with E-state index in [9.17, 15) is 4.79 Å². The Hall–Kier alpha value is -2.13. The average Bonchev–Trinajstić information content (AvgIpc) is 3.15. The van der Waals surface area contributed by atoms with Crippen LogP contribution >= 0.6 is 11.6 Å². The van der Waals surface area contributed by atoms with Gasteiger partial charge >= 0.3 is 0 Å². The second-order valence-electron chi connectivity index (χ2n) is 11.2. The number of hydrogen-bond acceptors (Lipinski definition) is 2. The Morgan fingerprint density at radius 1 is 1.03 bits per heavy atom. The van der Waals surface area contributed by atoms with Crippen molar-refractivity contribution in [1.29, 1.82) is 0 Å². The van der Waals surface area contributed by atoms with Crippen molar-refractivity contribution in [3.05, 3.63) is 70.1 Å². The highest BCUT2D eigenvalue weighted by Gasteiger charge is 2.50. The van der Waals surface area contributed by atoms with Crippen molar-refractivity contribution in [3.8, 4) is 0 Å². The minimum Gasteiger partial charge on any atom is -0.297 e. The normalized spacial score (nSPS) is 28.0. The summed E-state index contributed by atoms with van der Waals surface area (Å²) in [4.78, 5) is 17.8. The lowest BCUT2D eigenvalue weighted by Gasteiger charge is -2.57. The number of rotatable bonds is 7. The summed E-state index contributed by atoms with van der Waals surface area (Å²) in [6.07, 6.45) is 14.0. The molecule has 4 bridgehead atoms. The second kappa shape index (κ2) is 8.27. The number of pyridine rings is 1. The zero-order chi connectivity index (χ0) is 22.6. The fourth-order valence-corrected chi connectivity index (χ4v) is 7.90. The highest BCUT2D eigenvalue weighted by Crippen LogP contribution is 2.61. The lowest BCUT2D eigenvalue weighted by atomic mass is 9.48. The summed E-state index contributed by atoms with van der Waals surface area (Å²) in [7, 11) is 0. The molecule has 0 aliphatic heterocycles. The maximum atomic E-state index is 13.1. The van der Waals surface area contributed by atoms with Gasteiger partial charge < -0.3 is 0 Å². The van der Waals surface area contributed by atoms with E-state index in [0.717, 1.165) is 41.9 Å². The van der Waals surface area contributed by atoms with Crippen molar-refractivity contribution >= 4 is 23.0 Å². The first-order chi connectivity index (χ1) is 16.0. The molecular weight excluding hydrogens is 428 g/mol. The van der Waals surface area contributed by atoms with Gasteiger partial charge in [-0.25, -0.2) is 4.98 Å². The van der Waals surface area contributed by atoms with E-state index in [2.05, 4.69) is 29.2 Å². The molecule has 7 rings (SSSR count). The number of carbonyl (C=O) groups excluding carboxylic acids is 1. The molecule has 4 aliphatic carbocycles. The number of Topliss-reactive ketones (excluding diaryl/α,β-unsaturated/α-hetero) is 1. The first-order valence-electron chi connectivity index (χ1n) is 12.8. The van der Waals surface area contributed by atoms with E-state index in [4.69, 9.17) is 11.6 Å². The van der Waals surface area contributed by atoms with Crippen molar-refractivity contribution in [3.63, 3.8) is 0 Å². The molecule has 0 N–H and O–H groups in total. The molecule has 172 valence electrons. The number of nitrogens with zero attached hydrogens (tertiary/aromatic N) is 2. The standard InChI is InChI=1S/C29H33ClN2O/c1-2-25-28(32-10-9-24(30)14-27(32)31-25)26(33)8-7-19-3-5-20(6-4-19)15-29-16-21-11-22(17-29)13-23(12-21)18-29/h3-6,9-10,14,21-23H,2,7-8,11-13,15-18H2,1H3. The summed E-state index contributed by atoms with van der Waals surface area (Å²) >= 11 is 6.12. The smallest absolute Gasteiger partial charge is 0.181 e. The van der Waals surface area contributed by atoms with Gasteiger partial charge in [-0.3, -0.25) is 9.20 Å². The zero-order valence-electron chi connectivity index (χ0n) is 19.5. The summed E-state index contributed by atoms with van der Waals surface area (Å²) in [5, 5.41) is 0.641. The Labute approximate surface area is 201 Å². The van der Waals surface area contributed by atoms with E-state index in [1.54, 1.807) is 0 Å². The number of halogens is 1. The number of ketones is 1. The van der Waals surface area contributed by atoms with Crippen LogP contribution in [-0.4, -0.2) is 15.2 Å². The predicted octanol–water partition coefficient (Wildman–Crippen LogP) is 7.12. The highest BCUT2D eigenvalue weighted by atomic mass is 35.5. The third-order valence-corrected chi connectivity index (χ3v) is 8.90. The molecule has 0 spiro atoms. The first-order valence-corrected chi connectivity index (χ1v) is 13.2. The average molecular weight is 461 g/mol. The molecular formula is C29H33ClN2O. The number of carbonyl (C=O) groups is 1. The van der Waals surface area contributed by atoms with E-state index in [0.29, 0.717) is 22.6 Å². The van der Waals surface area contributed by atoms with Crippen LogP contribution < -0.4 is 0 Å². The monoisotopic (exact) mass is 460 g/mol. The summed E-state index contributed by atoms with van der Waals surface area (Å²) in [6, 6.07) is 12.8. The number of fused-ring (bicyclic) bond motifs is 1. The molecule has 33 heavy (non-hydrogen) atoms.